The third kappa shape index (κ3) is 3.17. The Balaban J connectivity index is 0.000000149. The molecule has 0 radical (unpaired) electrons. The van der Waals surface area contributed by atoms with Gasteiger partial charge in [0.25, 0.3) is 11.8 Å². The maximum Gasteiger partial charge on any atom is 0.258 e. The van der Waals surface area contributed by atoms with E-state index in [1.165, 1.54) is 38.8 Å². The zero-order valence-electron chi connectivity index (χ0n) is 10.4. The Kier molecular flexibility index (Phi) is 4.47. The lowest BCUT2D eigenvalue weighted by Gasteiger charge is -1.91. The summed E-state index contributed by atoms with van der Waals surface area (Å²) < 4.78 is 0. The smallest absolute Gasteiger partial charge is 0.258 e. The van der Waals surface area contributed by atoms with E-state index in [9.17, 15) is 9.59 Å². The van der Waals surface area contributed by atoms with Crippen LogP contribution in [-0.2, 0) is 0 Å². The fraction of sp³-hybridized carbons (Fsp3) is 0.429. The predicted octanol–water partition coefficient (Wildman–Crippen LogP) is 1.72. The molecule has 18 heavy (non-hydrogen) atoms. The normalized spacial score (nSPS) is 18.2. The molecule has 0 aliphatic carbocycles. The summed E-state index contributed by atoms with van der Waals surface area (Å²) in [4.78, 5) is 21.9. The second-order valence-electron chi connectivity index (χ2n) is 4.49. The maximum absolute atomic E-state index is 10.9. The van der Waals surface area contributed by atoms with Crippen molar-refractivity contribution in [2.24, 2.45) is 0 Å². The molecule has 1 aromatic rings. The van der Waals surface area contributed by atoms with E-state index in [2.05, 4.69) is 10.6 Å². The highest BCUT2D eigenvalue weighted by atomic mass is 16.2. The van der Waals surface area contributed by atoms with Crippen LogP contribution in [0, 0.1) is 0 Å². The van der Waals surface area contributed by atoms with Gasteiger partial charge in [0.2, 0.25) is 0 Å². The number of imide groups is 1. The maximum atomic E-state index is 10.9. The van der Waals surface area contributed by atoms with Gasteiger partial charge in [-0.05, 0) is 38.1 Å². The van der Waals surface area contributed by atoms with Crippen LogP contribution in [0.25, 0.3) is 0 Å². The standard InChI is InChI=1S/C8H5NO2.C6H13N/c10-7-5-3-1-2-4-6(5)8(11)9-7;1-2-4-6-7-5-3-1/h1-4H,(H,9,10,11);7H,1-6H2. The molecule has 2 N–H and O–H groups in total. The molecule has 4 heteroatoms. The van der Waals surface area contributed by atoms with E-state index in [4.69, 9.17) is 0 Å². The average molecular weight is 246 g/mol. The van der Waals surface area contributed by atoms with Crippen LogP contribution >= 0.6 is 0 Å². The van der Waals surface area contributed by atoms with Crippen LogP contribution in [0.5, 0.6) is 0 Å². The average Bonchev–Trinajstić information content (AvgIpc) is 2.64. The summed E-state index contributed by atoms with van der Waals surface area (Å²) in [5, 5.41) is 5.55. The van der Waals surface area contributed by atoms with Crippen molar-refractivity contribution in [3.8, 4) is 0 Å². The highest BCUT2D eigenvalue weighted by molar-refractivity contribution is 6.21. The van der Waals surface area contributed by atoms with E-state index < -0.39 is 0 Å². The first-order chi connectivity index (χ1) is 8.79. The van der Waals surface area contributed by atoms with Crippen LogP contribution in [0.15, 0.2) is 24.3 Å². The van der Waals surface area contributed by atoms with Gasteiger partial charge in [0, 0.05) is 0 Å². The number of hydrogen-bond acceptors (Lipinski definition) is 3. The zero-order valence-corrected chi connectivity index (χ0v) is 10.4. The first kappa shape index (κ1) is 12.8. The third-order valence-electron chi connectivity index (χ3n) is 3.10. The number of carbonyl (C=O) groups excluding carboxylic acids is 2. The van der Waals surface area contributed by atoms with Crippen molar-refractivity contribution in [1.29, 1.82) is 0 Å². The number of fused-ring (bicyclic) bond motifs is 1. The molecular formula is C14H18N2O2. The van der Waals surface area contributed by atoms with Crippen LogP contribution in [0.3, 0.4) is 0 Å². The van der Waals surface area contributed by atoms with E-state index in [0.29, 0.717) is 11.1 Å². The summed E-state index contributed by atoms with van der Waals surface area (Å²) in [5.41, 5.74) is 0.940. The van der Waals surface area contributed by atoms with Crippen molar-refractivity contribution < 1.29 is 9.59 Å². The first-order valence-corrected chi connectivity index (χ1v) is 6.44. The summed E-state index contributed by atoms with van der Waals surface area (Å²) in [6, 6.07) is 6.74. The number of rotatable bonds is 0. The molecule has 0 aromatic heterocycles. The van der Waals surface area contributed by atoms with Crippen molar-refractivity contribution >= 4 is 11.8 Å². The molecule has 0 unspecified atom stereocenters. The monoisotopic (exact) mass is 246 g/mol. The highest BCUT2D eigenvalue weighted by Crippen LogP contribution is 2.13. The SMILES string of the molecule is C1CCCNCC1.O=C1NC(=O)c2ccccc21. The second-order valence-corrected chi connectivity index (χ2v) is 4.49. The lowest BCUT2D eigenvalue weighted by atomic mass is 10.1. The Morgan fingerprint density at radius 1 is 0.778 bits per heavy atom. The summed E-state index contributed by atoms with van der Waals surface area (Å²) in [5.74, 6) is -0.601. The number of benzene rings is 1. The van der Waals surface area contributed by atoms with Gasteiger partial charge in [0.15, 0.2) is 0 Å². The van der Waals surface area contributed by atoms with Crippen molar-refractivity contribution in [2.45, 2.75) is 25.7 Å². The van der Waals surface area contributed by atoms with Crippen LogP contribution in [0.1, 0.15) is 46.4 Å². The molecule has 4 nitrogen and oxygen atoms in total. The Morgan fingerprint density at radius 2 is 1.28 bits per heavy atom. The van der Waals surface area contributed by atoms with Crippen molar-refractivity contribution in [3.63, 3.8) is 0 Å². The molecule has 3 rings (SSSR count). The van der Waals surface area contributed by atoms with E-state index in [-0.39, 0.29) is 11.8 Å². The summed E-state index contributed by atoms with van der Waals surface area (Å²) in [7, 11) is 0. The van der Waals surface area contributed by atoms with E-state index in [1.54, 1.807) is 24.3 Å². The van der Waals surface area contributed by atoms with Gasteiger partial charge in [-0.15, -0.1) is 0 Å². The Labute approximate surface area is 107 Å². The first-order valence-electron chi connectivity index (χ1n) is 6.44. The molecule has 2 heterocycles. The largest absolute Gasteiger partial charge is 0.317 e. The minimum absolute atomic E-state index is 0.300. The minimum atomic E-state index is -0.300. The van der Waals surface area contributed by atoms with Crippen molar-refractivity contribution in [2.75, 3.05) is 13.1 Å². The van der Waals surface area contributed by atoms with Crippen molar-refractivity contribution in [1.82, 2.24) is 10.6 Å². The number of hydrogen-bond donors (Lipinski definition) is 2. The second kappa shape index (κ2) is 6.31. The van der Waals surface area contributed by atoms with Gasteiger partial charge >= 0.3 is 0 Å². The van der Waals surface area contributed by atoms with E-state index >= 15 is 0 Å². The van der Waals surface area contributed by atoms with Crippen LogP contribution < -0.4 is 10.6 Å². The van der Waals surface area contributed by atoms with E-state index in [1.807, 2.05) is 0 Å². The van der Waals surface area contributed by atoms with Crippen LogP contribution in [0.2, 0.25) is 0 Å². The Morgan fingerprint density at radius 3 is 1.78 bits per heavy atom. The molecule has 1 fully saturated rings. The highest BCUT2D eigenvalue weighted by Gasteiger charge is 2.25. The molecule has 0 bridgehead atoms. The molecule has 0 spiro atoms. The fourth-order valence-electron chi connectivity index (χ4n) is 2.10. The van der Waals surface area contributed by atoms with Gasteiger partial charge in [0.1, 0.15) is 0 Å². The topological polar surface area (TPSA) is 58.2 Å². The van der Waals surface area contributed by atoms with Gasteiger partial charge in [-0.2, -0.15) is 0 Å². The molecular weight excluding hydrogens is 228 g/mol. The summed E-state index contributed by atoms with van der Waals surface area (Å²) in [6.45, 7) is 2.50. The minimum Gasteiger partial charge on any atom is -0.317 e. The number of nitrogens with one attached hydrogen (secondary N) is 2. The van der Waals surface area contributed by atoms with Crippen LogP contribution in [0.4, 0.5) is 0 Å². The molecule has 1 saturated heterocycles. The molecule has 2 amide bonds. The molecule has 0 saturated carbocycles. The van der Waals surface area contributed by atoms with Gasteiger partial charge in [0.05, 0.1) is 11.1 Å². The van der Waals surface area contributed by atoms with E-state index in [0.717, 1.165) is 0 Å². The molecule has 2 aliphatic heterocycles. The predicted molar refractivity (Wildman–Crippen MR) is 69.6 cm³/mol. The zero-order chi connectivity index (χ0) is 12.8. The third-order valence-corrected chi connectivity index (χ3v) is 3.10. The fourth-order valence-corrected chi connectivity index (χ4v) is 2.10. The molecule has 96 valence electrons. The van der Waals surface area contributed by atoms with Crippen LogP contribution in [-0.4, -0.2) is 24.9 Å². The summed E-state index contributed by atoms with van der Waals surface area (Å²) in [6.07, 6.45) is 5.65. The lowest BCUT2D eigenvalue weighted by molar-refractivity contribution is 0.0879. The Hall–Kier alpha value is -1.68. The number of amides is 2. The molecule has 0 atom stereocenters. The quantitative estimate of drug-likeness (QED) is 0.685. The van der Waals surface area contributed by atoms with Gasteiger partial charge in [-0.3, -0.25) is 14.9 Å². The molecule has 2 aliphatic rings. The Bertz CT molecular complexity index is 391. The van der Waals surface area contributed by atoms with Gasteiger partial charge in [-0.25, -0.2) is 0 Å². The van der Waals surface area contributed by atoms with Gasteiger partial charge in [-0.1, -0.05) is 25.0 Å². The van der Waals surface area contributed by atoms with Gasteiger partial charge < -0.3 is 5.32 Å². The van der Waals surface area contributed by atoms with Crippen molar-refractivity contribution in [3.05, 3.63) is 35.4 Å². The summed E-state index contributed by atoms with van der Waals surface area (Å²) >= 11 is 0. The molecule has 1 aromatic carbocycles. The lowest BCUT2D eigenvalue weighted by Crippen LogP contribution is -2.19. The number of carbonyl (C=O) groups is 2.